The van der Waals surface area contributed by atoms with Crippen molar-refractivity contribution in [3.8, 4) is 11.4 Å². The van der Waals surface area contributed by atoms with Crippen LogP contribution < -0.4 is 10.3 Å². The summed E-state index contributed by atoms with van der Waals surface area (Å²) in [6.45, 7) is 2.97. The Hall–Kier alpha value is -1.93. The van der Waals surface area contributed by atoms with Crippen molar-refractivity contribution in [1.82, 2.24) is 14.5 Å². The summed E-state index contributed by atoms with van der Waals surface area (Å²) >= 11 is 2.93. The van der Waals surface area contributed by atoms with Crippen LogP contribution in [0.2, 0.25) is 0 Å². The maximum atomic E-state index is 13.2. The molecular weight excluding hydrogens is 418 g/mol. The van der Waals surface area contributed by atoms with Crippen LogP contribution in [-0.2, 0) is 11.2 Å². The molecule has 30 heavy (non-hydrogen) atoms. The molecule has 1 atom stereocenters. The Morgan fingerprint density at radius 1 is 1.30 bits per heavy atom. The Kier molecular flexibility index (Phi) is 6.73. The van der Waals surface area contributed by atoms with Crippen LogP contribution in [0.1, 0.15) is 38.3 Å². The third kappa shape index (κ3) is 4.25. The molecule has 2 aliphatic rings. The molecule has 1 aromatic carbocycles. The number of ether oxygens (including phenoxy) is 1. The molecule has 0 saturated carbocycles. The van der Waals surface area contributed by atoms with Gasteiger partial charge in [0.25, 0.3) is 5.56 Å². The van der Waals surface area contributed by atoms with Crippen LogP contribution in [0.25, 0.3) is 5.69 Å². The summed E-state index contributed by atoms with van der Waals surface area (Å²) < 4.78 is 6.88. The fraction of sp³-hybridized carbons (Fsp3) is 0.500. The second-order valence-electron chi connectivity index (χ2n) is 7.54. The van der Waals surface area contributed by atoms with Gasteiger partial charge in [0.05, 0.1) is 29.1 Å². The summed E-state index contributed by atoms with van der Waals surface area (Å²) in [5.74, 6) is 2.04. The molecule has 0 spiro atoms. The number of rotatable bonds is 6. The predicted octanol–water partition coefficient (Wildman–Crippen LogP) is 3.77. The first-order valence-electron chi connectivity index (χ1n) is 10.5. The van der Waals surface area contributed by atoms with E-state index in [0.29, 0.717) is 17.0 Å². The minimum absolute atomic E-state index is 0.0491. The quantitative estimate of drug-likeness (QED) is 0.498. The molecule has 1 amide bonds. The van der Waals surface area contributed by atoms with E-state index in [-0.39, 0.29) is 11.5 Å². The van der Waals surface area contributed by atoms with Crippen molar-refractivity contribution >= 4 is 29.4 Å². The number of methoxy groups -OCH3 is 1. The molecule has 0 aliphatic carbocycles. The van der Waals surface area contributed by atoms with Crippen LogP contribution in [0.5, 0.6) is 5.75 Å². The summed E-state index contributed by atoms with van der Waals surface area (Å²) in [6, 6.07) is 7.72. The summed E-state index contributed by atoms with van der Waals surface area (Å²) in [5, 5.41) is 0.588. The highest BCUT2D eigenvalue weighted by Crippen LogP contribution is 2.31. The number of piperidine rings is 1. The van der Waals surface area contributed by atoms with Gasteiger partial charge in [-0.15, -0.1) is 11.8 Å². The molecule has 160 valence electrons. The third-order valence-corrected chi connectivity index (χ3v) is 7.77. The van der Waals surface area contributed by atoms with Gasteiger partial charge < -0.3 is 9.64 Å². The summed E-state index contributed by atoms with van der Waals surface area (Å²) in [5.41, 5.74) is 1.55. The van der Waals surface area contributed by atoms with E-state index in [1.54, 1.807) is 23.4 Å². The van der Waals surface area contributed by atoms with E-state index in [9.17, 15) is 9.59 Å². The molecule has 6 nitrogen and oxygen atoms in total. The molecule has 2 aliphatic heterocycles. The number of carbonyl (C=O) groups excluding carboxylic acids is 1. The molecule has 4 rings (SSSR count). The zero-order chi connectivity index (χ0) is 21.1. The summed E-state index contributed by atoms with van der Waals surface area (Å²) in [6.07, 6.45) is 5.12. The van der Waals surface area contributed by atoms with Crippen molar-refractivity contribution in [1.29, 1.82) is 0 Å². The first kappa shape index (κ1) is 21.3. The van der Waals surface area contributed by atoms with Gasteiger partial charge in [-0.1, -0.05) is 18.7 Å². The van der Waals surface area contributed by atoms with Gasteiger partial charge in [0.2, 0.25) is 5.91 Å². The van der Waals surface area contributed by atoms with Crippen molar-refractivity contribution in [3.05, 3.63) is 40.3 Å². The van der Waals surface area contributed by atoms with Gasteiger partial charge in [-0.2, -0.15) is 0 Å². The van der Waals surface area contributed by atoms with Crippen molar-refractivity contribution in [2.45, 2.75) is 55.1 Å². The standard InChI is InChI=1S/C22H27N3O3S2/c1-3-15-6-4-5-12-24(15)19(26)14-30-22-23-18-11-13-29-20(18)21(27)25(22)16-7-9-17(28-2)10-8-16/h7-10,15H,3-6,11-14H2,1-2H3. The van der Waals surface area contributed by atoms with Crippen LogP contribution in [0, 0.1) is 0 Å². The number of aryl methyl sites for hydroxylation is 1. The average Bonchev–Trinajstić information content (AvgIpc) is 3.26. The fourth-order valence-electron chi connectivity index (χ4n) is 4.11. The van der Waals surface area contributed by atoms with Gasteiger partial charge in [-0.3, -0.25) is 14.2 Å². The summed E-state index contributed by atoms with van der Waals surface area (Å²) in [4.78, 5) is 33.7. The van der Waals surface area contributed by atoms with Gasteiger partial charge in [0.1, 0.15) is 5.75 Å². The van der Waals surface area contributed by atoms with Crippen LogP contribution in [0.15, 0.2) is 39.1 Å². The van der Waals surface area contributed by atoms with Gasteiger partial charge in [-0.05, 0) is 49.9 Å². The monoisotopic (exact) mass is 445 g/mol. The lowest BCUT2D eigenvalue weighted by atomic mass is 10.0. The number of likely N-dealkylation sites (tertiary alicyclic amines) is 1. The molecule has 1 unspecified atom stereocenters. The highest BCUT2D eigenvalue weighted by atomic mass is 32.2. The summed E-state index contributed by atoms with van der Waals surface area (Å²) in [7, 11) is 1.62. The zero-order valence-electron chi connectivity index (χ0n) is 17.4. The topological polar surface area (TPSA) is 64.4 Å². The van der Waals surface area contributed by atoms with E-state index in [4.69, 9.17) is 9.72 Å². The van der Waals surface area contributed by atoms with E-state index in [1.807, 2.05) is 29.2 Å². The predicted molar refractivity (Wildman–Crippen MR) is 121 cm³/mol. The van der Waals surface area contributed by atoms with Crippen LogP contribution in [-0.4, -0.2) is 51.6 Å². The maximum absolute atomic E-state index is 13.2. The number of hydrogen-bond acceptors (Lipinski definition) is 6. The maximum Gasteiger partial charge on any atom is 0.272 e. The number of aromatic nitrogens is 2. The van der Waals surface area contributed by atoms with E-state index in [2.05, 4.69) is 6.92 Å². The number of carbonyl (C=O) groups is 1. The van der Waals surface area contributed by atoms with Gasteiger partial charge in [-0.25, -0.2) is 4.98 Å². The lowest BCUT2D eigenvalue weighted by Crippen LogP contribution is -2.44. The normalized spacial score (nSPS) is 18.3. The highest BCUT2D eigenvalue weighted by molar-refractivity contribution is 8.00. The van der Waals surface area contributed by atoms with Crippen molar-refractivity contribution in [2.75, 3.05) is 25.2 Å². The fourth-order valence-corrected chi connectivity index (χ4v) is 6.05. The van der Waals surface area contributed by atoms with E-state index < -0.39 is 0 Å². The minimum atomic E-state index is -0.0491. The van der Waals surface area contributed by atoms with Crippen LogP contribution in [0.3, 0.4) is 0 Å². The number of thioether (sulfide) groups is 2. The number of fused-ring (bicyclic) bond motifs is 1. The third-order valence-electron chi connectivity index (χ3n) is 5.74. The van der Waals surface area contributed by atoms with Gasteiger partial charge >= 0.3 is 0 Å². The molecule has 0 N–H and O–H groups in total. The Morgan fingerprint density at radius 3 is 2.83 bits per heavy atom. The van der Waals surface area contributed by atoms with Crippen molar-refractivity contribution in [3.63, 3.8) is 0 Å². The van der Waals surface area contributed by atoms with E-state index >= 15 is 0 Å². The average molecular weight is 446 g/mol. The van der Waals surface area contributed by atoms with Crippen LogP contribution >= 0.6 is 23.5 Å². The van der Waals surface area contributed by atoms with Crippen molar-refractivity contribution < 1.29 is 9.53 Å². The number of nitrogens with zero attached hydrogens (tertiary/aromatic N) is 3. The Balaban J connectivity index is 1.63. The molecule has 0 radical (unpaired) electrons. The first-order chi connectivity index (χ1) is 14.6. The SMILES string of the molecule is CCC1CCCCN1C(=O)CSc1nc2c(c(=O)n1-c1ccc(OC)cc1)SCC2. The molecule has 1 fully saturated rings. The lowest BCUT2D eigenvalue weighted by molar-refractivity contribution is -0.132. The molecule has 8 heteroatoms. The van der Waals surface area contributed by atoms with Crippen LogP contribution in [0.4, 0.5) is 0 Å². The molecule has 3 heterocycles. The largest absolute Gasteiger partial charge is 0.497 e. The van der Waals surface area contributed by atoms with Crippen molar-refractivity contribution in [2.24, 2.45) is 0 Å². The number of amides is 1. The van der Waals surface area contributed by atoms with Gasteiger partial charge in [0.15, 0.2) is 5.16 Å². The minimum Gasteiger partial charge on any atom is -0.497 e. The number of hydrogen-bond donors (Lipinski definition) is 0. The van der Waals surface area contributed by atoms with Gasteiger partial charge in [0, 0.05) is 24.8 Å². The van der Waals surface area contributed by atoms with E-state index in [1.165, 1.54) is 18.2 Å². The Bertz CT molecular complexity index is 975. The molecule has 1 saturated heterocycles. The molecule has 0 bridgehead atoms. The zero-order valence-corrected chi connectivity index (χ0v) is 19.1. The second kappa shape index (κ2) is 9.47. The smallest absolute Gasteiger partial charge is 0.272 e. The lowest BCUT2D eigenvalue weighted by Gasteiger charge is -2.35. The second-order valence-corrected chi connectivity index (χ2v) is 9.59. The molecular formula is C22H27N3O3S2. The molecule has 2 aromatic rings. The Labute approximate surface area is 185 Å². The first-order valence-corrected chi connectivity index (χ1v) is 12.4. The Morgan fingerprint density at radius 2 is 2.10 bits per heavy atom. The highest BCUT2D eigenvalue weighted by Gasteiger charge is 2.27. The number of benzene rings is 1. The van der Waals surface area contributed by atoms with E-state index in [0.717, 1.165) is 60.0 Å². The molecule has 1 aromatic heterocycles.